The van der Waals surface area contributed by atoms with Gasteiger partial charge in [-0.2, -0.15) is 0 Å². The normalized spacial score (nSPS) is 11.3. The molecule has 0 aliphatic rings. The van der Waals surface area contributed by atoms with Crippen molar-refractivity contribution in [3.63, 3.8) is 0 Å². The summed E-state index contributed by atoms with van der Waals surface area (Å²) in [6.07, 6.45) is 0. The molecular weight excluding hydrogens is 521 g/mol. The van der Waals surface area contributed by atoms with Gasteiger partial charge >= 0.3 is 0 Å². The molecule has 6 aromatic rings. The van der Waals surface area contributed by atoms with E-state index >= 15 is 0 Å². The quantitative estimate of drug-likeness (QED) is 0.168. The van der Waals surface area contributed by atoms with E-state index in [9.17, 15) is 0 Å². The summed E-state index contributed by atoms with van der Waals surface area (Å²) >= 11 is 3.48. The van der Waals surface area contributed by atoms with Crippen molar-refractivity contribution in [2.45, 2.75) is 13.8 Å². The Hall–Kier alpha value is -3.78. The van der Waals surface area contributed by atoms with Gasteiger partial charge < -0.3 is 15.4 Å². The number of aryl methyl sites for hydroxylation is 2. The van der Waals surface area contributed by atoms with Crippen LogP contribution in [0.1, 0.15) is 11.1 Å². The van der Waals surface area contributed by atoms with Gasteiger partial charge in [0.1, 0.15) is 10.0 Å². The molecule has 0 aliphatic carbocycles. The largest absolute Gasteiger partial charge is 0.383 e. The summed E-state index contributed by atoms with van der Waals surface area (Å²) in [7, 11) is 0. The number of hydrogen-bond acceptors (Lipinski definition) is 7. The first-order valence-electron chi connectivity index (χ1n) is 13.1. The maximum atomic E-state index is 5.81. The number of nitrogens with zero attached hydrogens (tertiary/aromatic N) is 2. The Morgan fingerprint density at radius 3 is 1.46 bits per heavy atom. The molecule has 0 atom stereocenters. The van der Waals surface area contributed by atoms with Crippen LogP contribution < -0.4 is 10.6 Å². The van der Waals surface area contributed by atoms with Crippen LogP contribution in [0.25, 0.3) is 41.6 Å². The Morgan fingerprint density at radius 2 is 1.03 bits per heavy atom. The predicted molar refractivity (Wildman–Crippen MR) is 167 cm³/mol. The predicted octanol–water partition coefficient (Wildman–Crippen LogP) is 8.40. The molecule has 2 N–H and O–H groups in total. The lowest BCUT2D eigenvalue weighted by Gasteiger charge is -2.09. The molecule has 0 aliphatic heterocycles. The first kappa shape index (κ1) is 25.5. The van der Waals surface area contributed by atoms with Crippen LogP contribution in [0.5, 0.6) is 0 Å². The third kappa shape index (κ3) is 6.11. The second kappa shape index (κ2) is 11.5. The third-order valence-electron chi connectivity index (χ3n) is 6.50. The summed E-state index contributed by atoms with van der Waals surface area (Å²) < 4.78 is 8.27. The molecule has 4 aromatic carbocycles. The number of anilines is 2. The van der Waals surface area contributed by atoms with Crippen molar-refractivity contribution >= 4 is 54.5 Å². The maximum absolute atomic E-state index is 5.81. The van der Waals surface area contributed by atoms with Crippen molar-refractivity contribution in [3.8, 4) is 21.1 Å². The molecule has 7 heteroatoms. The van der Waals surface area contributed by atoms with Gasteiger partial charge in [-0.25, -0.2) is 9.97 Å². The summed E-state index contributed by atoms with van der Waals surface area (Å²) in [5.74, 6) is 0. The molecule has 0 amide bonds. The lowest BCUT2D eigenvalue weighted by molar-refractivity contribution is 0.154. The van der Waals surface area contributed by atoms with Gasteiger partial charge in [-0.05, 0) is 97.8 Å². The van der Waals surface area contributed by atoms with Crippen LogP contribution in [0.15, 0.2) is 84.9 Å². The van der Waals surface area contributed by atoms with Crippen LogP contribution in [0, 0.1) is 13.8 Å². The van der Waals surface area contributed by atoms with E-state index in [1.54, 1.807) is 22.7 Å². The molecule has 39 heavy (non-hydrogen) atoms. The number of nitrogens with one attached hydrogen (secondary N) is 2. The van der Waals surface area contributed by atoms with E-state index in [2.05, 4.69) is 109 Å². The SMILES string of the molecule is Cc1ccc2nc(-c3ccc(NCCOCCNc4ccc(-c5nc6ccc(C)cc6s5)cc4)cc3)sc2c1. The fraction of sp³-hybridized carbons (Fsp3) is 0.188. The molecule has 0 fully saturated rings. The second-order valence-electron chi connectivity index (χ2n) is 9.60. The molecule has 5 nitrogen and oxygen atoms in total. The van der Waals surface area contributed by atoms with Crippen molar-refractivity contribution in [2.75, 3.05) is 36.9 Å². The van der Waals surface area contributed by atoms with Crippen molar-refractivity contribution in [3.05, 3.63) is 96.1 Å². The molecule has 0 saturated carbocycles. The van der Waals surface area contributed by atoms with Gasteiger partial charge in [-0.3, -0.25) is 0 Å². The monoisotopic (exact) mass is 550 g/mol. The minimum absolute atomic E-state index is 0.649. The lowest BCUT2D eigenvalue weighted by atomic mass is 10.2. The molecule has 0 spiro atoms. The highest BCUT2D eigenvalue weighted by Gasteiger charge is 2.08. The molecule has 6 rings (SSSR count). The first-order valence-corrected chi connectivity index (χ1v) is 14.7. The summed E-state index contributed by atoms with van der Waals surface area (Å²) in [4.78, 5) is 9.56. The summed E-state index contributed by atoms with van der Waals surface area (Å²) in [6.45, 7) is 7.05. The van der Waals surface area contributed by atoms with Gasteiger partial charge in [0.15, 0.2) is 0 Å². The highest BCUT2D eigenvalue weighted by molar-refractivity contribution is 7.22. The first-order chi connectivity index (χ1) is 19.1. The zero-order valence-corrected chi connectivity index (χ0v) is 23.7. The van der Waals surface area contributed by atoms with Crippen LogP contribution in [0.4, 0.5) is 11.4 Å². The number of hydrogen-bond donors (Lipinski definition) is 2. The minimum Gasteiger partial charge on any atom is -0.383 e. The van der Waals surface area contributed by atoms with Crippen LogP contribution in [0.3, 0.4) is 0 Å². The number of benzene rings is 4. The summed E-state index contributed by atoms with van der Waals surface area (Å²) in [6, 6.07) is 29.7. The van der Waals surface area contributed by atoms with E-state index in [0.29, 0.717) is 13.2 Å². The molecule has 0 unspecified atom stereocenters. The van der Waals surface area contributed by atoms with E-state index in [1.165, 1.54) is 20.5 Å². The standard InChI is InChI=1S/C32H30N4OS2/c1-21-3-13-27-29(19-21)38-31(35-27)23-5-9-25(10-6-23)33-15-17-37-18-16-34-26-11-7-24(8-12-26)32-36-28-14-4-22(2)20-30(28)39-32/h3-14,19-20,33-34H,15-18H2,1-2H3. The number of thiazole rings is 2. The maximum Gasteiger partial charge on any atom is 0.124 e. The van der Waals surface area contributed by atoms with Gasteiger partial charge in [0.2, 0.25) is 0 Å². The third-order valence-corrected chi connectivity index (χ3v) is 8.64. The molecule has 2 aromatic heterocycles. The second-order valence-corrected chi connectivity index (χ2v) is 11.7. The van der Waals surface area contributed by atoms with Gasteiger partial charge in [-0.15, -0.1) is 22.7 Å². The number of rotatable bonds is 10. The van der Waals surface area contributed by atoms with E-state index < -0.39 is 0 Å². The van der Waals surface area contributed by atoms with Crippen molar-refractivity contribution < 1.29 is 4.74 Å². The minimum atomic E-state index is 0.649. The number of ether oxygens (including phenoxy) is 1. The highest BCUT2D eigenvalue weighted by atomic mass is 32.1. The van der Waals surface area contributed by atoms with Crippen molar-refractivity contribution in [1.29, 1.82) is 0 Å². The molecule has 0 radical (unpaired) electrons. The Bertz CT molecular complexity index is 1580. The van der Waals surface area contributed by atoms with Gasteiger partial charge in [0, 0.05) is 35.6 Å². The van der Waals surface area contributed by atoms with Crippen LogP contribution in [-0.2, 0) is 4.74 Å². The summed E-state index contributed by atoms with van der Waals surface area (Å²) in [5, 5.41) is 8.98. The average molecular weight is 551 g/mol. The van der Waals surface area contributed by atoms with Crippen LogP contribution in [-0.4, -0.2) is 36.3 Å². The molecule has 2 heterocycles. The van der Waals surface area contributed by atoms with E-state index in [1.807, 2.05) is 0 Å². The zero-order valence-electron chi connectivity index (χ0n) is 22.0. The van der Waals surface area contributed by atoms with E-state index in [-0.39, 0.29) is 0 Å². The Labute approximate surface area is 236 Å². The van der Waals surface area contributed by atoms with E-state index in [4.69, 9.17) is 14.7 Å². The lowest BCUT2D eigenvalue weighted by Crippen LogP contribution is -2.14. The van der Waals surface area contributed by atoms with Gasteiger partial charge in [-0.1, -0.05) is 12.1 Å². The Kier molecular flexibility index (Phi) is 7.54. The van der Waals surface area contributed by atoms with Crippen LogP contribution >= 0.6 is 22.7 Å². The van der Waals surface area contributed by atoms with Crippen molar-refractivity contribution in [2.24, 2.45) is 0 Å². The summed E-state index contributed by atoms with van der Waals surface area (Å²) in [5.41, 5.74) is 9.11. The van der Waals surface area contributed by atoms with Crippen LogP contribution in [0.2, 0.25) is 0 Å². The number of aromatic nitrogens is 2. The van der Waals surface area contributed by atoms with Gasteiger partial charge in [0.05, 0.1) is 33.6 Å². The Balaban J connectivity index is 0.913. The van der Waals surface area contributed by atoms with Gasteiger partial charge in [0.25, 0.3) is 0 Å². The average Bonchev–Trinajstić information content (AvgIpc) is 3.57. The number of fused-ring (bicyclic) bond motifs is 2. The fourth-order valence-corrected chi connectivity index (χ4v) is 6.55. The topological polar surface area (TPSA) is 59.1 Å². The van der Waals surface area contributed by atoms with Crippen molar-refractivity contribution in [1.82, 2.24) is 9.97 Å². The van der Waals surface area contributed by atoms with E-state index in [0.717, 1.165) is 56.6 Å². The smallest absolute Gasteiger partial charge is 0.124 e. The fourth-order valence-electron chi connectivity index (χ4n) is 4.41. The molecule has 0 bridgehead atoms. The molecular formula is C32H30N4OS2. The molecule has 0 saturated heterocycles. The Morgan fingerprint density at radius 1 is 0.590 bits per heavy atom. The zero-order chi connectivity index (χ0) is 26.6. The highest BCUT2D eigenvalue weighted by Crippen LogP contribution is 2.32. The molecule has 196 valence electrons.